The van der Waals surface area contributed by atoms with Crippen LogP contribution >= 0.6 is 0 Å². The van der Waals surface area contributed by atoms with Crippen LogP contribution in [-0.2, 0) is 4.79 Å². The molecule has 7 nitrogen and oxygen atoms in total. The van der Waals surface area contributed by atoms with E-state index in [1.807, 2.05) is 6.07 Å². The Balaban J connectivity index is 1.44. The zero-order chi connectivity index (χ0) is 17.6. The van der Waals surface area contributed by atoms with Crippen LogP contribution in [0.3, 0.4) is 0 Å². The Hall–Kier alpha value is -3.35. The minimum Gasteiger partial charge on any atom is -0.352 e. The van der Waals surface area contributed by atoms with Crippen LogP contribution in [0, 0.1) is 0 Å². The summed E-state index contributed by atoms with van der Waals surface area (Å²) >= 11 is 0. The highest BCUT2D eigenvalue weighted by atomic mass is 16.2. The van der Waals surface area contributed by atoms with Crippen molar-refractivity contribution in [2.24, 2.45) is 0 Å². The first-order valence-corrected chi connectivity index (χ1v) is 7.97. The smallest absolute Gasteiger partial charge is 0.323 e. The molecule has 0 atom stereocenters. The lowest BCUT2D eigenvalue weighted by atomic mass is 10.2. The second-order valence-corrected chi connectivity index (χ2v) is 5.61. The predicted octanol–water partition coefficient (Wildman–Crippen LogP) is 2.00. The third-order valence-electron chi connectivity index (χ3n) is 3.70. The summed E-state index contributed by atoms with van der Waals surface area (Å²) in [5.41, 5.74) is 2.25. The van der Waals surface area contributed by atoms with Crippen molar-refractivity contribution in [3.8, 4) is 0 Å². The monoisotopic (exact) mass is 338 g/mol. The van der Waals surface area contributed by atoms with Crippen molar-refractivity contribution in [2.45, 2.75) is 12.8 Å². The Kier molecular flexibility index (Phi) is 4.94. The highest BCUT2D eigenvalue weighted by Gasteiger charge is 2.06. The molecule has 0 aliphatic heterocycles. The van der Waals surface area contributed by atoms with Gasteiger partial charge >= 0.3 is 5.69 Å². The Morgan fingerprint density at radius 2 is 1.72 bits per heavy atom. The molecule has 0 spiro atoms. The molecule has 2 aromatic carbocycles. The summed E-state index contributed by atoms with van der Waals surface area (Å²) in [4.78, 5) is 40.3. The maximum atomic E-state index is 12.0. The van der Waals surface area contributed by atoms with Crippen LogP contribution in [0.25, 0.3) is 11.0 Å². The fourth-order valence-electron chi connectivity index (χ4n) is 2.48. The molecule has 0 bridgehead atoms. The minimum absolute atomic E-state index is 0.147. The number of benzene rings is 2. The summed E-state index contributed by atoms with van der Waals surface area (Å²) in [5, 5.41) is 5.56. The highest BCUT2D eigenvalue weighted by Crippen LogP contribution is 2.14. The molecule has 3 aromatic rings. The molecular weight excluding hydrogens is 320 g/mol. The molecule has 0 aliphatic carbocycles. The Morgan fingerprint density at radius 3 is 2.52 bits per heavy atom. The van der Waals surface area contributed by atoms with Crippen LogP contribution in [0.1, 0.15) is 23.2 Å². The van der Waals surface area contributed by atoms with Gasteiger partial charge in [-0.25, -0.2) is 4.79 Å². The molecular formula is C18H18N4O3. The molecule has 0 aliphatic rings. The van der Waals surface area contributed by atoms with E-state index in [9.17, 15) is 14.4 Å². The van der Waals surface area contributed by atoms with Gasteiger partial charge in [0.05, 0.1) is 11.0 Å². The van der Waals surface area contributed by atoms with Crippen LogP contribution in [-0.4, -0.2) is 28.3 Å². The van der Waals surface area contributed by atoms with Gasteiger partial charge in [-0.2, -0.15) is 0 Å². The highest BCUT2D eigenvalue weighted by molar-refractivity contribution is 5.94. The number of nitrogens with one attached hydrogen (secondary N) is 4. The van der Waals surface area contributed by atoms with Crippen molar-refractivity contribution >= 4 is 28.5 Å². The molecule has 0 unspecified atom stereocenters. The van der Waals surface area contributed by atoms with Crippen molar-refractivity contribution in [3.05, 3.63) is 64.6 Å². The molecule has 0 saturated carbocycles. The van der Waals surface area contributed by atoms with Gasteiger partial charge in [-0.1, -0.05) is 18.2 Å². The van der Waals surface area contributed by atoms with E-state index in [1.54, 1.807) is 42.5 Å². The predicted molar refractivity (Wildman–Crippen MR) is 95.6 cm³/mol. The molecule has 1 aromatic heterocycles. The number of carbonyl (C=O) groups is 2. The fourth-order valence-corrected chi connectivity index (χ4v) is 2.48. The van der Waals surface area contributed by atoms with E-state index in [2.05, 4.69) is 20.6 Å². The first-order chi connectivity index (χ1) is 12.1. The van der Waals surface area contributed by atoms with Crippen LogP contribution in [0.5, 0.6) is 0 Å². The SMILES string of the molecule is O=C(CCCNC(=O)c1ccccc1)Nc1ccc2[nH]c(=O)[nH]c2c1. The summed E-state index contributed by atoms with van der Waals surface area (Å²) in [6, 6.07) is 14.1. The van der Waals surface area contributed by atoms with E-state index >= 15 is 0 Å². The van der Waals surface area contributed by atoms with Crippen molar-refractivity contribution in [1.29, 1.82) is 0 Å². The minimum atomic E-state index is -0.285. The molecule has 4 N–H and O–H groups in total. The number of amides is 2. The summed E-state index contributed by atoms with van der Waals surface area (Å²) in [7, 11) is 0. The van der Waals surface area contributed by atoms with Crippen LogP contribution < -0.4 is 16.3 Å². The van der Waals surface area contributed by atoms with E-state index in [0.717, 1.165) is 0 Å². The second-order valence-electron chi connectivity index (χ2n) is 5.61. The van der Waals surface area contributed by atoms with Crippen molar-refractivity contribution in [1.82, 2.24) is 15.3 Å². The van der Waals surface area contributed by atoms with Crippen LogP contribution in [0.2, 0.25) is 0 Å². The summed E-state index contributed by atoms with van der Waals surface area (Å²) in [6.07, 6.45) is 0.824. The van der Waals surface area contributed by atoms with E-state index < -0.39 is 0 Å². The van der Waals surface area contributed by atoms with Crippen molar-refractivity contribution in [3.63, 3.8) is 0 Å². The van der Waals surface area contributed by atoms with Gasteiger partial charge in [0.2, 0.25) is 5.91 Å². The Labute approximate surface area is 143 Å². The van der Waals surface area contributed by atoms with Gasteiger partial charge in [0, 0.05) is 24.2 Å². The van der Waals surface area contributed by atoms with Gasteiger partial charge < -0.3 is 20.6 Å². The number of rotatable bonds is 6. The number of anilines is 1. The molecule has 7 heteroatoms. The third-order valence-corrected chi connectivity index (χ3v) is 3.70. The Bertz CT molecular complexity index is 944. The quantitative estimate of drug-likeness (QED) is 0.516. The standard InChI is InChI=1S/C18H18N4O3/c23-16(7-4-10-19-17(24)12-5-2-1-3-6-12)20-13-8-9-14-15(11-13)22-18(25)21-14/h1-3,5-6,8-9,11H,4,7,10H2,(H,19,24)(H,20,23)(H2,21,22,25). The number of imidazole rings is 1. The lowest BCUT2D eigenvalue weighted by molar-refractivity contribution is -0.116. The van der Waals surface area contributed by atoms with E-state index in [0.29, 0.717) is 35.2 Å². The lowest BCUT2D eigenvalue weighted by Crippen LogP contribution is -2.25. The number of aromatic amines is 2. The number of hydrogen-bond donors (Lipinski definition) is 4. The van der Waals surface area contributed by atoms with Crippen molar-refractivity contribution in [2.75, 3.05) is 11.9 Å². The van der Waals surface area contributed by atoms with Crippen LogP contribution in [0.4, 0.5) is 5.69 Å². The maximum absolute atomic E-state index is 12.0. The molecule has 1 heterocycles. The Morgan fingerprint density at radius 1 is 0.960 bits per heavy atom. The summed E-state index contributed by atoms with van der Waals surface area (Å²) in [6.45, 7) is 0.422. The maximum Gasteiger partial charge on any atom is 0.323 e. The average Bonchev–Trinajstić information content (AvgIpc) is 2.98. The summed E-state index contributed by atoms with van der Waals surface area (Å²) < 4.78 is 0. The number of hydrogen-bond acceptors (Lipinski definition) is 3. The zero-order valence-corrected chi connectivity index (χ0v) is 13.5. The zero-order valence-electron chi connectivity index (χ0n) is 13.5. The molecule has 25 heavy (non-hydrogen) atoms. The molecule has 0 radical (unpaired) electrons. The number of fused-ring (bicyclic) bond motifs is 1. The van der Waals surface area contributed by atoms with E-state index in [-0.39, 0.29) is 23.9 Å². The normalized spacial score (nSPS) is 10.6. The fraction of sp³-hybridized carbons (Fsp3) is 0.167. The first-order valence-electron chi connectivity index (χ1n) is 7.97. The third kappa shape index (κ3) is 4.35. The van der Waals surface area contributed by atoms with Gasteiger partial charge in [0.25, 0.3) is 5.91 Å². The number of aromatic nitrogens is 2. The number of carbonyl (C=O) groups excluding carboxylic acids is 2. The van der Waals surface area contributed by atoms with Gasteiger partial charge in [0.1, 0.15) is 0 Å². The molecule has 3 rings (SSSR count). The topological polar surface area (TPSA) is 107 Å². The summed E-state index contributed by atoms with van der Waals surface area (Å²) in [5.74, 6) is -0.297. The number of H-pyrrole nitrogens is 2. The lowest BCUT2D eigenvalue weighted by Gasteiger charge is -2.07. The van der Waals surface area contributed by atoms with Gasteiger partial charge in [-0.3, -0.25) is 9.59 Å². The molecule has 0 fully saturated rings. The van der Waals surface area contributed by atoms with Crippen LogP contribution in [0.15, 0.2) is 53.3 Å². The largest absolute Gasteiger partial charge is 0.352 e. The average molecular weight is 338 g/mol. The van der Waals surface area contributed by atoms with Gasteiger partial charge in [-0.05, 0) is 36.8 Å². The molecule has 2 amide bonds. The first kappa shape index (κ1) is 16.5. The van der Waals surface area contributed by atoms with E-state index in [4.69, 9.17) is 0 Å². The van der Waals surface area contributed by atoms with Crippen molar-refractivity contribution < 1.29 is 9.59 Å². The molecule has 128 valence electrons. The van der Waals surface area contributed by atoms with Gasteiger partial charge in [-0.15, -0.1) is 0 Å². The van der Waals surface area contributed by atoms with E-state index in [1.165, 1.54) is 0 Å². The molecule has 0 saturated heterocycles. The second kappa shape index (κ2) is 7.48. The van der Waals surface area contributed by atoms with Gasteiger partial charge in [0.15, 0.2) is 0 Å².